The number of hydrogen-bond donors (Lipinski definition) is 2. The van der Waals surface area contributed by atoms with E-state index in [9.17, 15) is 13.2 Å². The summed E-state index contributed by atoms with van der Waals surface area (Å²) >= 11 is 0. The van der Waals surface area contributed by atoms with Gasteiger partial charge < -0.3 is 10.7 Å². The van der Waals surface area contributed by atoms with Gasteiger partial charge in [0.2, 0.25) is 0 Å². The Morgan fingerprint density at radius 2 is 1.94 bits per heavy atom. The van der Waals surface area contributed by atoms with Gasteiger partial charge in [0, 0.05) is 24.2 Å². The summed E-state index contributed by atoms with van der Waals surface area (Å²) in [5.74, 6) is 0. The van der Waals surface area contributed by atoms with Gasteiger partial charge in [0.25, 0.3) is 0 Å². The molecular formula is C12H14ClF3N2. The molecule has 2 aromatic rings. The zero-order chi connectivity index (χ0) is 12.5. The van der Waals surface area contributed by atoms with Crippen molar-refractivity contribution in [1.29, 1.82) is 0 Å². The Kier molecular flexibility index (Phi) is 4.65. The van der Waals surface area contributed by atoms with Crippen molar-refractivity contribution < 1.29 is 13.2 Å². The highest BCUT2D eigenvalue weighted by Crippen LogP contribution is 2.27. The van der Waals surface area contributed by atoms with Crippen LogP contribution in [0.2, 0.25) is 0 Å². The van der Waals surface area contributed by atoms with E-state index in [1.54, 1.807) is 12.3 Å². The van der Waals surface area contributed by atoms with Gasteiger partial charge in [0.1, 0.15) is 0 Å². The van der Waals surface area contributed by atoms with Gasteiger partial charge in [0.05, 0.1) is 0 Å². The van der Waals surface area contributed by atoms with Crippen LogP contribution in [0.3, 0.4) is 0 Å². The van der Waals surface area contributed by atoms with E-state index >= 15 is 0 Å². The molecule has 0 saturated heterocycles. The Morgan fingerprint density at radius 1 is 1.22 bits per heavy atom. The Bertz CT molecular complexity index is 507. The Hall–Kier alpha value is -1.20. The lowest BCUT2D eigenvalue weighted by molar-refractivity contribution is -0.136. The number of aromatic amines is 1. The molecule has 2 nitrogen and oxygen atoms in total. The van der Waals surface area contributed by atoms with E-state index in [0.29, 0.717) is 0 Å². The average Bonchev–Trinajstić information content (AvgIpc) is 2.71. The number of H-pyrrole nitrogens is 1. The van der Waals surface area contributed by atoms with Crippen molar-refractivity contribution in [3.05, 3.63) is 36.0 Å². The van der Waals surface area contributed by atoms with Crippen LogP contribution >= 0.6 is 12.4 Å². The first kappa shape index (κ1) is 14.9. The highest BCUT2D eigenvalue weighted by molar-refractivity contribution is 5.85. The fourth-order valence-electron chi connectivity index (χ4n) is 1.79. The molecule has 0 radical (unpaired) electrons. The second-order valence-electron chi connectivity index (χ2n) is 4.08. The predicted molar refractivity (Wildman–Crippen MR) is 67.8 cm³/mol. The van der Waals surface area contributed by atoms with E-state index < -0.39 is 18.6 Å². The summed E-state index contributed by atoms with van der Waals surface area (Å²) in [5, 5.41) is 0.963. The largest absolute Gasteiger partial charge is 0.389 e. The van der Waals surface area contributed by atoms with Crippen LogP contribution in [-0.4, -0.2) is 11.2 Å². The lowest BCUT2D eigenvalue weighted by atomic mass is 10.0. The van der Waals surface area contributed by atoms with E-state index in [-0.39, 0.29) is 18.8 Å². The maximum Gasteiger partial charge on any atom is 0.389 e. The van der Waals surface area contributed by atoms with Crippen molar-refractivity contribution in [2.45, 2.75) is 25.1 Å². The number of aromatic nitrogens is 1. The normalized spacial score (nSPS) is 13.3. The topological polar surface area (TPSA) is 41.8 Å². The summed E-state index contributed by atoms with van der Waals surface area (Å²) in [4.78, 5) is 3.02. The first-order valence-corrected chi connectivity index (χ1v) is 5.35. The molecule has 1 aromatic heterocycles. The first-order chi connectivity index (χ1) is 7.96. The molecular weight excluding hydrogens is 265 g/mol. The van der Waals surface area contributed by atoms with Crippen LogP contribution in [-0.2, 0) is 0 Å². The second kappa shape index (κ2) is 5.63. The van der Waals surface area contributed by atoms with Crippen LogP contribution in [0.15, 0.2) is 30.5 Å². The van der Waals surface area contributed by atoms with Crippen molar-refractivity contribution in [2.75, 3.05) is 0 Å². The van der Waals surface area contributed by atoms with E-state index in [0.717, 1.165) is 16.5 Å². The Morgan fingerprint density at radius 3 is 2.61 bits per heavy atom. The van der Waals surface area contributed by atoms with E-state index in [1.807, 2.05) is 18.2 Å². The predicted octanol–water partition coefficient (Wildman–Crippen LogP) is 3.93. The monoisotopic (exact) mass is 278 g/mol. The number of benzene rings is 1. The number of fused-ring (bicyclic) bond motifs is 1. The fourth-order valence-corrected chi connectivity index (χ4v) is 1.79. The SMILES string of the molecule is Cl.N[C@H](CCC(F)(F)F)c1ccc2[nH]ccc2c1. The molecule has 0 amide bonds. The number of rotatable bonds is 3. The third-order valence-electron chi connectivity index (χ3n) is 2.74. The highest BCUT2D eigenvalue weighted by atomic mass is 35.5. The van der Waals surface area contributed by atoms with Crippen LogP contribution < -0.4 is 5.73 Å². The molecule has 0 saturated carbocycles. The summed E-state index contributed by atoms with van der Waals surface area (Å²) in [6.07, 6.45) is -3.29. The number of alkyl halides is 3. The third-order valence-corrected chi connectivity index (χ3v) is 2.74. The van der Waals surface area contributed by atoms with Crippen LogP contribution in [0.25, 0.3) is 10.9 Å². The molecule has 0 unspecified atom stereocenters. The van der Waals surface area contributed by atoms with Gasteiger partial charge in [-0.15, -0.1) is 12.4 Å². The first-order valence-electron chi connectivity index (χ1n) is 5.35. The van der Waals surface area contributed by atoms with E-state index in [1.165, 1.54) is 0 Å². The van der Waals surface area contributed by atoms with Crippen molar-refractivity contribution in [2.24, 2.45) is 5.73 Å². The van der Waals surface area contributed by atoms with Crippen LogP contribution in [0.4, 0.5) is 13.2 Å². The van der Waals surface area contributed by atoms with Gasteiger partial charge in [-0.05, 0) is 35.6 Å². The molecule has 18 heavy (non-hydrogen) atoms. The molecule has 6 heteroatoms. The molecule has 1 heterocycles. The summed E-state index contributed by atoms with van der Waals surface area (Å²) in [6.45, 7) is 0. The smallest absolute Gasteiger partial charge is 0.361 e. The molecule has 0 bridgehead atoms. The summed E-state index contributed by atoms with van der Waals surface area (Å²) < 4.78 is 36.2. The molecule has 1 atom stereocenters. The molecule has 2 rings (SSSR count). The van der Waals surface area contributed by atoms with Gasteiger partial charge in [-0.2, -0.15) is 13.2 Å². The van der Waals surface area contributed by atoms with E-state index in [4.69, 9.17) is 5.73 Å². The summed E-state index contributed by atoms with van der Waals surface area (Å²) in [7, 11) is 0. The number of nitrogens with two attached hydrogens (primary N) is 1. The van der Waals surface area contributed by atoms with Crippen LogP contribution in [0.1, 0.15) is 24.4 Å². The average molecular weight is 279 g/mol. The molecule has 3 N–H and O–H groups in total. The van der Waals surface area contributed by atoms with Gasteiger partial charge in [0.15, 0.2) is 0 Å². The zero-order valence-corrected chi connectivity index (χ0v) is 10.3. The Balaban J connectivity index is 0.00000162. The third kappa shape index (κ3) is 3.65. The van der Waals surface area contributed by atoms with Gasteiger partial charge in [-0.1, -0.05) is 6.07 Å². The summed E-state index contributed by atoms with van der Waals surface area (Å²) in [5.41, 5.74) is 7.44. The lowest BCUT2D eigenvalue weighted by Gasteiger charge is -2.13. The Labute approximate surface area is 109 Å². The molecule has 0 spiro atoms. The molecule has 0 aliphatic heterocycles. The molecule has 0 aliphatic carbocycles. The fraction of sp³-hybridized carbons (Fsp3) is 0.333. The van der Waals surface area contributed by atoms with Crippen LogP contribution in [0, 0.1) is 0 Å². The van der Waals surface area contributed by atoms with E-state index in [2.05, 4.69) is 4.98 Å². The van der Waals surface area contributed by atoms with Crippen molar-refractivity contribution in [3.8, 4) is 0 Å². The number of hydrogen-bond acceptors (Lipinski definition) is 1. The molecule has 0 fully saturated rings. The minimum Gasteiger partial charge on any atom is -0.361 e. The quantitative estimate of drug-likeness (QED) is 0.877. The standard InChI is InChI=1S/C12H13F3N2.ClH/c13-12(14,15)5-3-10(16)8-1-2-11-9(7-8)4-6-17-11;/h1-2,4,6-7,10,17H,3,5,16H2;1H/t10-;/m1./s1. The molecule has 100 valence electrons. The van der Waals surface area contributed by atoms with Gasteiger partial charge >= 0.3 is 6.18 Å². The number of nitrogens with one attached hydrogen (secondary N) is 1. The second-order valence-corrected chi connectivity index (χ2v) is 4.08. The van der Waals surface area contributed by atoms with Crippen LogP contribution in [0.5, 0.6) is 0 Å². The van der Waals surface area contributed by atoms with Crippen molar-refractivity contribution in [3.63, 3.8) is 0 Å². The van der Waals surface area contributed by atoms with Crippen molar-refractivity contribution in [1.82, 2.24) is 4.98 Å². The highest BCUT2D eigenvalue weighted by Gasteiger charge is 2.27. The summed E-state index contributed by atoms with van der Waals surface area (Å²) in [6, 6.07) is 6.72. The minimum absolute atomic E-state index is 0. The molecule has 0 aliphatic rings. The maximum atomic E-state index is 12.1. The maximum absolute atomic E-state index is 12.1. The van der Waals surface area contributed by atoms with Gasteiger partial charge in [-0.3, -0.25) is 0 Å². The zero-order valence-electron chi connectivity index (χ0n) is 9.50. The lowest BCUT2D eigenvalue weighted by Crippen LogP contribution is -2.15. The number of halogens is 4. The molecule has 1 aromatic carbocycles. The van der Waals surface area contributed by atoms with Gasteiger partial charge in [-0.25, -0.2) is 0 Å². The van der Waals surface area contributed by atoms with Crippen molar-refractivity contribution >= 4 is 23.3 Å². The minimum atomic E-state index is -4.14.